The lowest BCUT2D eigenvalue weighted by atomic mass is 9.66. The predicted octanol–water partition coefficient (Wildman–Crippen LogP) is 3.02. The lowest BCUT2D eigenvalue weighted by Gasteiger charge is -2.46. The number of allylic oxidation sites excluding steroid dienone is 1. The largest absolute Gasteiger partial charge is 0.389 e. The van der Waals surface area contributed by atoms with Gasteiger partial charge < -0.3 is 14.6 Å². The van der Waals surface area contributed by atoms with Crippen molar-refractivity contribution in [2.24, 2.45) is 22.9 Å². The van der Waals surface area contributed by atoms with Crippen LogP contribution in [0, 0.1) is 22.7 Å². The van der Waals surface area contributed by atoms with Gasteiger partial charge in [-0.2, -0.15) is 4.91 Å². The zero-order chi connectivity index (χ0) is 19.1. The molecule has 0 aromatic heterocycles. The van der Waals surface area contributed by atoms with Gasteiger partial charge in [-0.15, -0.1) is 0 Å². The van der Waals surface area contributed by atoms with Crippen LogP contribution in [0.2, 0.25) is 0 Å². The van der Waals surface area contributed by atoms with Crippen molar-refractivity contribution < 1.29 is 19.4 Å². The quantitative estimate of drug-likeness (QED) is 0.600. The molecule has 2 bridgehead atoms. The van der Waals surface area contributed by atoms with Crippen molar-refractivity contribution in [3.8, 4) is 0 Å². The number of carbonyl (C=O) groups excluding carboxylic acids is 1. The Morgan fingerprint density at radius 1 is 1.31 bits per heavy atom. The molecule has 2 fully saturated rings. The van der Waals surface area contributed by atoms with Crippen LogP contribution in [0.25, 0.3) is 0 Å². The van der Waals surface area contributed by atoms with Crippen molar-refractivity contribution in [1.29, 1.82) is 0 Å². The van der Waals surface area contributed by atoms with E-state index in [1.165, 1.54) is 7.11 Å². The van der Waals surface area contributed by atoms with Crippen LogP contribution in [0.3, 0.4) is 0 Å². The van der Waals surface area contributed by atoms with E-state index < -0.39 is 23.7 Å². The highest BCUT2D eigenvalue weighted by molar-refractivity contribution is 5.89. The molecule has 3 aliphatic rings. The monoisotopic (exact) mass is 365 g/mol. The normalized spacial score (nSPS) is 44.4. The summed E-state index contributed by atoms with van der Waals surface area (Å²) in [4.78, 5) is 24.6. The first-order valence-corrected chi connectivity index (χ1v) is 9.75. The van der Waals surface area contributed by atoms with Crippen molar-refractivity contribution >= 4 is 5.78 Å². The Labute approximate surface area is 155 Å². The van der Waals surface area contributed by atoms with Gasteiger partial charge in [-0.05, 0) is 38.2 Å². The smallest absolute Gasteiger partial charge is 0.170 e. The molecule has 0 aromatic carbocycles. The van der Waals surface area contributed by atoms with Gasteiger partial charge in [0.05, 0.1) is 18.3 Å². The molecular formula is C20H31NO5. The molecule has 0 aromatic rings. The lowest BCUT2D eigenvalue weighted by Crippen LogP contribution is -2.50. The third kappa shape index (κ3) is 3.27. The predicted molar refractivity (Wildman–Crippen MR) is 97.7 cm³/mol. The molecule has 0 radical (unpaired) electrons. The van der Waals surface area contributed by atoms with E-state index in [0.717, 1.165) is 24.0 Å². The number of aliphatic hydroxyl groups is 1. The summed E-state index contributed by atoms with van der Waals surface area (Å²) in [5.41, 5.74) is 1.19. The second-order valence-electron chi connectivity index (χ2n) is 8.45. The first-order chi connectivity index (χ1) is 12.3. The molecular weight excluding hydrogens is 334 g/mol. The fraction of sp³-hybridized carbons (Fsp3) is 0.850. The van der Waals surface area contributed by atoms with Crippen LogP contribution >= 0.6 is 0 Å². The molecule has 1 N–H and O–H groups in total. The van der Waals surface area contributed by atoms with E-state index in [1.54, 1.807) is 6.92 Å². The van der Waals surface area contributed by atoms with Crippen molar-refractivity contribution in [2.45, 2.75) is 76.7 Å². The van der Waals surface area contributed by atoms with E-state index in [1.807, 2.05) is 13.8 Å². The van der Waals surface area contributed by atoms with Crippen molar-refractivity contribution in [3.63, 3.8) is 0 Å². The molecule has 146 valence electrons. The third-order valence-electron chi connectivity index (χ3n) is 7.11. The molecule has 1 aliphatic heterocycles. The number of hydrogen-bond acceptors (Lipinski definition) is 6. The summed E-state index contributed by atoms with van der Waals surface area (Å²) in [6, 6.07) is -0.605. The molecule has 0 spiro atoms. The van der Waals surface area contributed by atoms with Gasteiger partial charge in [0.2, 0.25) is 0 Å². The van der Waals surface area contributed by atoms with Gasteiger partial charge in [0.1, 0.15) is 12.1 Å². The second-order valence-corrected chi connectivity index (χ2v) is 8.45. The van der Waals surface area contributed by atoms with Gasteiger partial charge in [0.25, 0.3) is 0 Å². The fourth-order valence-electron chi connectivity index (χ4n) is 4.95. The topological polar surface area (TPSA) is 85.2 Å². The number of carbonyl (C=O) groups is 1. The van der Waals surface area contributed by atoms with Gasteiger partial charge in [0.15, 0.2) is 5.78 Å². The van der Waals surface area contributed by atoms with Crippen LogP contribution in [0.15, 0.2) is 16.3 Å². The number of nitroso groups, excluding NO2 is 1. The first kappa shape index (κ1) is 19.6. The summed E-state index contributed by atoms with van der Waals surface area (Å²) in [5.74, 6) is -0.493. The molecule has 3 rings (SSSR count). The summed E-state index contributed by atoms with van der Waals surface area (Å²) >= 11 is 0. The van der Waals surface area contributed by atoms with Gasteiger partial charge in [-0.25, -0.2) is 0 Å². The SMILES string of the molecule is CO[C@H]1C(=O)[C@H](C)C(N=O)C[C@H]2OC[C@H]2CC[C@]2(O)CCC(C)=C1[C@@H]2C. The van der Waals surface area contributed by atoms with Crippen LogP contribution in [0.4, 0.5) is 0 Å². The number of methoxy groups -OCH3 is 1. The van der Waals surface area contributed by atoms with Crippen molar-refractivity contribution in [2.75, 3.05) is 13.7 Å². The maximum Gasteiger partial charge on any atom is 0.170 e. The van der Waals surface area contributed by atoms with Crippen LogP contribution in [0.5, 0.6) is 0 Å². The highest BCUT2D eigenvalue weighted by Gasteiger charge is 2.47. The summed E-state index contributed by atoms with van der Waals surface area (Å²) in [6.07, 6.45) is 2.70. The number of rotatable bonds is 2. The zero-order valence-electron chi connectivity index (χ0n) is 16.2. The number of fused-ring (bicyclic) bond motifs is 3. The Morgan fingerprint density at radius 2 is 2.04 bits per heavy atom. The average Bonchev–Trinajstić information content (AvgIpc) is 2.60. The van der Waals surface area contributed by atoms with Gasteiger partial charge in [0, 0.05) is 31.3 Å². The minimum absolute atomic E-state index is 0.0485. The average molecular weight is 365 g/mol. The molecule has 6 heteroatoms. The number of ether oxygens (including phenoxy) is 2. The maximum atomic E-state index is 13.2. The summed E-state index contributed by atoms with van der Waals surface area (Å²) in [7, 11) is 1.52. The summed E-state index contributed by atoms with van der Waals surface area (Å²) in [5, 5.41) is 14.6. The van der Waals surface area contributed by atoms with E-state index in [9.17, 15) is 14.8 Å². The number of Topliss-reactive ketones (excluding diaryl/α,β-unsaturated/α-hetero) is 1. The molecule has 7 atom stereocenters. The molecule has 26 heavy (non-hydrogen) atoms. The zero-order valence-corrected chi connectivity index (χ0v) is 16.2. The minimum Gasteiger partial charge on any atom is -0.389 e. The van der Waals surface area contributed by atoms with Crippen LogP contribution in [0.1, 0.15) is 52.9 Å². The molecule has 2 aliphatic carbocycles. The standard InChI is InChI=1S/C20H31NO5/c1-11-5-7-20(23)8-6-14-10-26-16(14)9-15(21-24)12(2)18(22)19(25-4)17(11)13(20)3/h12-16,19,23H,5-10H2,1-4H3/t12-,13+,14-,15?,16-,19-,20-/m1/s1. The Morgan fingerprint density at radius 3 is 2.62 bits per heavy atom. The highest BCUT2D eigenvalue weighted by Crippen LogP contribution is 2.45. The lowest BCUT2D eigenvalue weighted by molar-refractivity contribution is -0.143. The van der Waals surface area contributed by atoms with Gasteiger partial charge in [-0.1, -0.05) is 24.6 Å². The molecule has 1 unspecified atom stereocenters. The van der Waals surface area contributed by atoms with Crippen LogP contribution < -0.4 is 0 Å². The Hall–Kier alpha value is -1.11. The molecule has 0 amide bonds. The Bertz CT molecular complexity index is 603. The molecule has 1 saturated heterocycles. The van der Waals surface area contributed by atoms with E-state index in [2.05, 4.69) is 5.18 Å². The van der Waals surface area contributed by atoms with E-state index in [-0.39, 0.29) is 17.8 Å². The number of nitrogens with zero attached hydrogens (tertiary/aromatic N) is 1. The second kappa shape index (κ2) is 7.49. The third-order valence-corrected chi connectivity index (χ3v) is 7.11. The summed E-state index contributed by atoms with van der Waals surface area (Å²) in [6.45, 7) is 6.44. The number of ketones is 1. The number of hydrogen-bond donors (Lipinski definition) is 1. The highest BCUT2D eigenvalue weighted by atomic mass is 16.5. The van der Waals surface area contributed by atoms with E-state index in [0.29, 0.717) is 31.8 Å². The molecule has 1 heterocycles. The Kier molecular flexibility index (Phi) is 5.66. The first-order valence-electron chi connectivity index (χ1n) is 9.75. The molecule has 1 saturated carbocycles. The van der Waals surface area contributed by atoms with Gasteiger partial charge >= 0.3 is 0 Å². The van der Waals surface area contributed by atoms with Gasteiger partial charge in [-0.3, -0.25) is 4.79 Å². The van der Waals surface area contributed by atoms with E-state index in [4.69, 9.17) is 9.47 Å². The van der Waals surface area contributed by atoms with Crippen molar-refractivity contribution in [3.05, 3.63) is 16.1 Å². The fourth-order valence-corrected chi connectivity index (χ4v) is 4.95. The molecule has 6 nitrogen and oxygen atoms in total. The van der Waals surface area contributed by atoms with Crippen LogP contribution in [-0.4, -0.2) is 48.5 Å². The summed E-state index contributed by atoms with van der Waals surface area (Å²) < 4.78 is 11.3. The van der Waals surface area contributed by atoms with Crippen molar-refractivity contribution in [1.82, 2.24) is 0 Å². The maximum absolute atomic E-state index is 13.2. The van der Waals surface area contributed by atoms with Crippen LogP contribution in [-0.2, 0) is 14.3 Å². The Balaban J connectivity index is 2.00. The minimum atomic E-state index is -0.823. The van der Waals surface area contributed by atoms with E-state index >= 15 is 0 Å².